The van der Waals surface area contributed by atoms with Crippen molar-refractivity contribution in [3.63, 3.8) is 0 Å². The van der Waals surface area contributed by atoms with Crippen molar-refractivity contribution in [1.29, 1.82) is 0 Å². The fraction of sp³-hybridized carbons (Fsp3) is 1.00. The first-order valence-corrected chi connectivity index (χ1v) is 3.31. The maximum absolute atomic E-state index is 7.73. The lowest BCUT2D eigenvalue weighted by atomic mass is 9.79. The van der Waals surface area contributed by atoms with E-state index in [4.69, 9.17) is 1.37 Å². The lowest BCUT2D eigenvalue weighted by Crippen LogP contribution is -2.17. The molecule has 50 valence electrons. The molecule has 0 saturated heterocycles. The Hall–Kier alpha value is 0. The average Bonchev–Trinajstić information content (AvgIpc) is 1.64. The van der Waals surface area contributed by atoms with Crippen LogP contribution in [0.15, 0.2) is 0 Å². The zero-order chi connectivity index (χ0) is 7.71. The Labute approximate surface area is 54.7 Å². The van der Waals surface area contributed by atoms with Gasteiger partial charge < -0.3 is 0 Å². The molecule has 0 aromatic carbocycles. The minimum Gasteiger partial charge on any atom is -0.0649 e. The normalized spacial score (nSPS) is 15.9. The Kier molecular flexibility index (Phi) is 1.93. The van der Waals surface area contributed by atoms with Crippen molar-refractivity contribution >= 4 is 0 Å². The smallest absolute Gasteiger partial charge is 0.0303 e. The van der Waals surface area contributed by atoms with Gasteiger partial charge in [0.05, 0.1) is 0 Å². The van der Waals surface area contributed by atoms with E-state index in [0.717, 1.165) is 6.42 Å². The van der Waals surface area contributed by atoms with Gasteiger partial charge >= 0.3 is 0 Å². The van der Waals surface area contributed by atoms with Crippen molar-refractivity contribution in [2.45, 2.75) is 41.0 Å². The first-order chi connectivity index (χ1) is 3.81. The first kappa shape index (κ1) is 6.12. The molecule has 8 heavy (non-hydrogen) atoms. The first-order valence-electron chi connectivity index (χ1n) is 3.81. The molecule has 0 aliphatic heterocycles. The van der Waals surface area contributed by atoms with E-state index in [1.165, 1.54) is 0 Å². The lowest BCUT2D eigenvalue weighted by molar-refractivity contribution is 0.240. The second-order valence-electron chi connectivity index (χ2n) is 3.24. The molecule has 0 heteroatoms. The zero-order valence-electron chi connectivity index (χ0n) is 7.71. The van der Waals surface area contributed by atoms with E-state index in [0.29, 0.717) is 0 Å². The third-order valence-corrected chi connectivity index (χ3v) is 2.24. The van der Waals surface area contributed by atoms with Crippen molar-refractivity contribution in [2.75, 3.05) is 0 Å². The molecule has 0 aliphatic rings. The summed E-state index contributed by atoms with van der Waals surface area (Å²) in [4.78, 5) is 0. The minimum atomic E-state index is -0.304. The van der Waals surface area contributed by atoms with Crippen LogP contribution >= 0.6 is 0 Å². The van der Waals surface area contributed by atoms with Gasteiger partial charge in [0.25, 0.3) is 0 Å². The van der Waals surface area contributed by atoms with E-state index >= 15 is 0 Å². The summed E-state index contributed by atoms with van der Waals surface area (Å²) in [5, 5.41) is 0. The second kappa shape index (κ2) is 2.52. The summed E-state index contributed by atoms with van der Waals surface area (Å²) in [6.45, 7) is 10.4. The van der Waals surface area contributed by atoms with Gasteiger partial charge in [-0.15, -0.1) is 0 Å². The van der Waals surface area contributed by atoms with Gasteiger partial charge in [-0.05, 0) is 11.3 Å². The molecular formula is C8H18. The van der Waals surface area contributed by atoms with Crippen molar-refractivity contribution in [1.82, 2.24) is 0 Å². The highest BCUT2D eigenvalue weighted by atomic mass is 14.2. The van der Waals surface area contributed by atoms with Crippen LogP contribution in [0, 0.1) is 11.3 Å². The lowest BCUT2D eigenvalue weighted by Gasteiger charge is -2.27. The fourth-order valence-electron chi connectivity index (χ4n) is 0.354. The largest absolute Gasteiger partial charge is 0.0649 e. The summed E-state index contributed by atoms with van der Waals surface area (Å²) in [6.07, 6.45) is 1.07. The predicted molar refractivity (Wildman–Crippen MR) is 38.9 cm³/mol. The summed E-state index contributed by atoms with van der Waals surface area (Å²) < 4.78 is 7.73. The highest BCUT2D eigenvalue weighted by Crippen LogP contribution is 2.28. The van der Waals surface area contributed by atoms with Gasteiger partial charge in [0.1, 0.15) is 0 Å². The molecule has 0 rings (SSSR count). The predicted octanol–water partition coefficient (Wildman–Crippen LogP) is 3.08. The molecule has 0 N–H and O–H groups in total. The summed E-state index contributed by atoms with van der Waals surface area (Å²) >= 11 is 0. The van der Waals surface area contributed by atoms with Gasteiger partial charge in [0.15, 0.2) is 0 Å². The highest BCUT2D eigenvalue weighted by molar-refractivity contribution is 4.69. The van der Waals surface area contributed by atoms with Crippen LogP contribution in [0.1, 0.15) is 42.4 Å². The molecule has 0 nitrogen and oxygen atoms in total. The summed E-state index contributed by atoms with van der Waals surface area (Å²) in [7, 11) is 0. The fourth-order valence-corrected chi connectivity index (χ4v) is 0.354. The molecule has 0 saturated carbocycles. The topological polar surface area (TPSA) is 0 Å². The molecule has 0 aromatic rings. The summed E-state index contributed by atoms with van der Waals surface area (Å²) in [5.74, 6) is -0.304. The molecule has 0 amide bonds. The van der Waals surface area contributed by atoms with Crippen molar-refractivity contribution in [3.8, 4) is 0 Å². The monoisotopic (exact) mass is 116 g/mol. The van der Waals surface area contributed by atoms with Crippen LogP contribution in [0.4, 0.5) is 0 Å². The standard InChI is InChI=1S/C8H18/c1-6-8(4,5)7(2)3/h7H,6H2,1-5H3/i7T. The van der Waals surface area contributed by atoms with E-state index < -0.39 is 0 Å². The molecule has 0 aliphatic carbocycles. The molecule has 0 unspecified atom stereocenters. The van der Waals surface area contributed by atoms with Crippen LogP contribution in [0.2, 0.25) is 0 Å². The van der Waals surface area contributed by atoms with E-state index in [-0.39, 0.29) is 11.3 Å². The Balaban J connectivity index is 4.14. The van der Waals surface area contributed by atoms with Crippen LogP contribution in [-0.2, 0) is 0 Å². The molecule has 0 heterocycles. The summed E-state index contributed by atoms with van der Waals surface area (Å²) in [6, 6.07) is 0. The van der Waals surface area contributed by atoms with Crippen molar-refractivity contribution < 1.29 is 1.37 Å². The van der Waals surface area contributed by atoms with E-state index in [9.17, 15) is 0 Å². The number of hydrogen-bond acceptors (Lipinski definition) is 0. The van der Waals surface area contributed by atoms with Gasteiger partial charge in [-0.25, -0.2) is 0 Å². The van der Waals surface area contributed by atoms with Crippen molar-refractivity contribution in [2.24, 2.45) is 11.3 Å². The maximum atomic E-state index is 7.73. The van der Waals surface area contributed by atoms with Crippen LogP contribution in [0.5, 0.6) is 0 Å². The quantitative estimate of drug-likeness (QED) is 0.520. The zero-order valence-corrected chi connectivity index (χ0v) is 6.71. The highest BCUT2D eigenvalue weighted by Gasteiger charge is 2.18. The van der Waals surface area contributed by atoms with E-state index in [1.807, 2.05) is 13.8 Å². The van der Waals surface area contributed by atoms with Crippen molar-refractivity contribution in [3.05, 3.63) is 0 Å². The van der Waals surface area contributed by atoms with Crippen LogP contribution in [0.25, 0.3) is 0 Å². The third-order valence-electron chi connectivity index (χ3n) is 2.24. The molecule has 0 radical (unpaired) electrons. The number of rotatable bonds is 2. The van der Waals surface area contributed by atoms with Crippen LogP contribution < -0.4 is 0 Å². The Morgan fingerprint density at radius 2 is 1.88 bits per heavy atom. The van der Waals surface area contributed by atoms with Gasteiger partial charge in [-0.1, -0.05) is 41.0 Å². The van der Waals surface area contributed by atoms with Gasteiger partial charge in [-0.2, -0.15) is 0 Å². The Morgan fingerprint density at radius 3 is 1.88 bits per heavy atom. The average molecular weight is 116 g/mol. The van der Waals surface area contributed by atoms with Crippen LogP contribution in [-0.4, -0.2) is 0 Å². The van der Waals surface area contributed by atoms with Gasteiger partial charge in [-0.3, -0.25) is 0 Å². The Bertz CT molecular complexity index is 87.2. The second-order valence-corrected chi connectivity index (χ2v) is 3.24. The van der Waals surface area contributed by atoms with Gasteiger partial charge in [0.2, 0.25) is 0 Å². The van der Waals surface area contributed by atoms with E-state index in [2.05, 4.69) is 20.8 Å². The molecule has 0 fully saturated rings. The van der Waals surface area contributed by atoms with Gasteiger partial charge in [0, 0.05) is 1.37 Å². The van der Waals surface area contributed by atoms with E-state index in [1.54, 1.807) is 0 Å². The molecule has 0 aromatic heterocycles. The minimum absolute atomic E-state index is 0.146. The Morgan fingerprint density at radius 1 is 1.50 bits per heavy atom. The molecule has 0 spiro atoms. The summed E-state index contributed by atoms with van der Waals surface area (Å²) in [5.41, 5.74) is 0.146. The molecular weight excluding hydrogens is 96.1 g/mol. The molecule has 0 atom stereocenters. The molecule has 0 bridgehead atoms. The van der Waals surface area contributed by atoms with Crippen LogP contribution in [0.3, 0.4) is 0 Å². The number of hydrogen-bond donors (Lipinski definition) is 0. The third kappa shape index (κ3) is 1.85. The SMILES string of the molecule is [3H]C(C)(C)C(C)(C)CC. The maximum Gasteiger partial charge on any atom is 0.0303 e.